The summed E-state index contributed by atoms with van der Waals surface area (Å²) in [6, 6.07) is 0. The molecule has 0 spiro atoms. The first-order valence-electron chi connectivity index (χ1n) is 5.90. The molecular weight excluding hydrogens is 341 g/mol. The number of carbonyl (C=O) groups excluding carboxylic acids is 4. The Morgan fingerprint density at radius 2 is 0.875 bits per heavy atom. The minimum Gasteiger partial charge on any atom is -0.373 e. The predicted molar refractivity (Wildman–Crippen MR) is 70.6 cm³/mol. The number of rotatable bonds is 7. The molecule has 0 saturated heterocycles. The summed E-state index contributed by atoms with van der Waals surface area (Å²) in [5.74, 6) is -2.90. The van der Waals surface area contributed by atoms with E-state index >= 15 is 0 Å². The van der Waals surface area contributed by atoms with Gasteiger partial charge >= 0.3 is 53.4 Å². The molecule has 0 saturated carbocycles. The van der Waals surface area contributed by atoms with Crippen molar-refractivity contribution in [3.63, 3.8) is 0 Å². The molecule has 0 aromatic heterocycles. The van der Waals surface area contributed by atoms with Crippen LogP contribution in [0.2, 0.25) is 0 Å². The fraction of sp³-hybridized carbons (Fsp3) is 0.600. The van der Waals surface area contributed by atoms with Crippen LogP contribution in [-0.4, -0.2) is 47.4 Å². The smallest absolute Gasteiger partial charge is 0.373 e. The van der Waals surface area contributed by atoms with Gasteiger partial charge in [-0.2, -0.15) is 0 Å². The van der Waals surface area contributed by atoms with Gasteiger partial charge in [0.25, 0.3) is 0 Å². The third-order valence-corrected chi connectivity index (χ3v) is 1.39. The maximum atomic E-state index is 10.8. The molecule has 0 aromatic rings. The Bertz CT molecular complexity index is 400. The van der Waals surface area contributed by atoms with Gasteiger partial charge in [-0.25, -0.2) is 0 Å². The first-order valence-corrected chi connectivity index (χ1v) is 5.90. The van der Waals surface area contributed by atoms with E-state index in [4.69, 9.17) is 11.1 Å². The summed E-state index contributed by atoms with van der Waals surface area (Å²) in [6.07, 6.45) is 0. The van der Waals surface area contributed by atoms with E-state index in [-0.39, 0.29) is 42.6 Å². The van der Waals surface area contributed by atoms with Crippen LogP contribution < -0.4 is 29.6 Å². The largest absolute Gasteiger partial charge is 1.00 e. The van der Waals surface area contributed by atoms with Crippen LogP contribution in [0, 0.1) is 0 Å². The molecule has 0 radical (unpaired) electrons. The Balaban J connectivity index is -0.00000102. The van der Waals surface area contributed by atoms with Gasteiger partial charge in [-0.1, -0.05) is 0 Å². The summed E-state index contributed by atoms with van der Waals surface area (Å²) in [6.45, 7) is 3.97. The van der Waals surface area contributed by atoms with Gasteiger partial charge in [0.1, 0.15) is 0 Å². The van der Waals surface area contributed by atoms with Crippen LogP contribution in [0.15, 0.2) is 0 Å². The third kappa shape index (κ3) is 20.1. The summed E-state index contributed by atoms with van der Waals surface area (Å²) in [7, 11) is 0. The van der Waals surface area contributed by atoms with Gasteiger partial charge in [-0.3, -0.25) is 24.1 Å². The van der Waals surface area contributed by atoms with Crippen LogP contribution in [0.5, 0.6) is 0 Å². The molecule has 0 N–H and O–H groups in total. The molecule has 130 valence electrons. The molecule has 0 aliphatic carbocycles. The maximum Gasteiger partial charge on any atom is 1.00 e. The molecule has 0 bridgehead atoms. The minimum atomic E-state index is -0.724. The Kier molecular flexibility index (Phi) is 18.0. The summed E-state index contributed by atoms with van der Waals surface area (Å²) >= 11 is 0. The Labute approximate surface area is 159 Å². The molecule has 24 heavy (non-hydrogen) atoms. The first kappa shape index (κ1) is 27.0. The molecule has 0 aliphatic rings. The van der Waals surface area contributed by atoms with Crippen LogP contribution in [0.1, 0.15) is 27.7 Å². The zero-order valence-corrected chi connectivity index (χ0v) is 15.9. The third-order valence-electron chi connectivity index (χ3n) is 1.39. The van der Waals surface area contributed by atoms with E-state index < -0.39 is 23.9 Å². The topological polar surface area (TPSA) is 170 Å². The maximum absolute atomic E-state index is 10.8. The summed E-state index contributed by atoms with van der Waals surface area (Å²) in [5.41, 5.74) is 13.5. The minimum absolute atomic E-state index is 0. The van der Waals surface area contributed by atoms with Crippen molar-refractivity contribution < 1.29 is 68.1 Å². The predicted octanol–water partition coefficient (Wildman–Crippen LogP) is -2.63. The fourth-order valence-corrected chi connectivity index (χ4v) is 0.957. The second-order valence-electron chi connectivity index (χ2n) is 3.53. The molecule has 13 nitrogen and oxygen atoms in total. The van der Waals surface area contributed by atoms with E-state index in [9.17, 15) is 19.2 Å². The average molecular weight is 357 g/mol. The van der Waals surface area contributed by atoms with Gasteiger partial charge in [-0.05, 0) is 0 Å². The molecule has 0 atom stereocenters. The van der Waals surface area contributed by atoms with E-state index in [2.05, 4.69) is 19.4 Å². The van der Waals surface area contributed by atoms with Gasteiger partial charge in [0.15, 0.2) is 0 Å². The summed E-state index contributed by atoms with van der Waals surface area (Å²) in [4.78, 5) is 62.9. The van der Waals surface area contributed by atoms with Crippen LogP contribution in [0.4, 0.5) is 0 Å². The number of hydroxylamine groups is 4. The van der Waals surface area contributed by atoms with E-state index in [1.54, 1.807) is 0 Å². The molecule has 0 heterocycles. The molecule has 0 aromatic carbocycles. The fourth-order valence-electron chi connectivity index (χ4n) is 0.957. The van der Waals surface area contributed by atoms with Crippen LogP contribution in [-0.2, 0) is 38.5 Å². The summed E-state index contributed by atoms with van der Waals surface area (Å²) < 4.78 is 0. The molecule has 0 fully saturated rings. The summed E-state index contributed by atoms with van der Waals surface area (Å²) in [5, 5.41) is 1.15. The number of carbonyl (C=O) groups is 4. The van der Waals surface area contributed by atoms with Crippen LogP contribution in [0.3, 0.4) is 0 Å². The van der Waals surface area contributed by atoms with E-state index in [0.717, 1.165) is 27.7 Å². The van der Waals surface area contributed by atoms with Crippen molar-refractivity contribution in [2.24, 2.45) is 0 Å². The van der Waals surface area contributed by atoms with Crippen molar-refractivity contribution in [1.82, 2.24) is 10.5 Å². The molecule has 0 unspecified atom stereocenters. The van der Waals surface area contributed by atoms with Gasteiger partial charge in [0, 0.05) is 38.1 Å². The number of hydrogen-bond acceptors (Lipinski definition) is 10. The van der Waals surface area contributed by atoms with Crippen molar-refractivity contribution in [3.8, 4) is 0 Å². The number of hydrogen-bond donors (Lipinski definition) is 0. The second kappa shape index (κ2) is 16.0. The Morgan fingerprint density at radius 1 is 0.708 bits per heavy atom. The average Bonchev–Trinajstić information content (AvgIpc) is 2.33. The van der Waals surface area contributed by atoms with Crippen LogP contribution in [0.25, 0.3) is 16.0 Å². The van der Waals surface area contributed by atoms with Crippen molar-refractivity contribution >= 4 is 23.9 Å². The molecule has 0 aliphatic heterocycles. The van der Waals surface area contributed by atoms with Crippen molar-refractivity contribution in [3.05, 3.63) is 16.0 Å². The first-order chi connectivity index (χ1) is 10.6. The van der Waals surface area contributed by atoms with Crippen LogP contribution >= 0.6 is 0 Å². The van der Waals surface area contributed by atoms with E-state index in [1.165, 1.54) is 4.91 Å². The Hall–Kier alpha value is -1.89. The monoisotopic (exact) mass is 357 g/mol. The van der Waals surface area contributed by atoms with Crippen molar-refractivity contribution in [2.75, 3.05) is 13.1 Å². The standard InChI is InChI=1S/C10H16N2O8.N3.Na/c1-7(13)17-11(18-8(2)14)5-6-12(19-9(3)15)20-10(4)16;1-3-2;/h5-6H2,1-4H3;;/q;-1;+1. The van der Waals surface area contributed by atoms with Crippen molar-refractivity contribution in [1.29, 1.82) is 0 Å². The van der Waals surface area contributed by atoms with E-state index in [1.807, 2.05) is 0 Å². The molecule has 14 heteroatoms. The van der Waals surface area contributed by atoms with Gasteiger partial charge in [0.05, 0.1) is 13.1 Å². The Morgan fingerprint density at radius 3 is 1.00 bits per heavy atom. The molecule has 0 amide bonds. The zero-order valence-electron chi connectivity index (χ0n) is 13.9. The second-order valence-corrected chi connectivity index (χ2v) is 3.53. The SMILES string of the molecule is CC(=O)ON(CCN(OC(C)=O)OC(C)=O)OC(C)=O.[N-]=[N+]=[N-].[Na+]. The number of nitrogens with zero attached hydrogens (tertiary/aromatic N) is 5. The molecule has 0 rings (SSSR count). The van der Waals surface area contributed by atoms with Gasteiger partial charge in [0.2, 0.25) is 0 Å². The zero-order chi connectivity index (χ0) is 18.4. The quantitative estimate of drug-likeness (QED) is 0.154. The van der Waals surface area contributed by atoms with E-state index in [0.29, 0.717) is 10.5 Å². The van der Waals surface area contributed by atoms with Gasteiger partial charge in [-0.15, -0.1) is 0 Å². The van der Waals surface area contributed by atoms with Crippen molar-refractivity contribution in [2.45, 2.75) is 27.7 Å². The normalized spacial score (nSPS) is 8.75. The van der Waals surface area contributed by atoms with Gasteiger partial charge < -0.3 is 30.4 Å². The molecular formula is C10H16N5NaO8.